The summed E-state index contributed by atoms with van der Waals surface area (Å²) < 4.78 is 4.89. The maximum atomic E-state index is 11.3. The molecule has 0 bridgehead atoms. The number of hydrogen-bond donors (Lipinski definition) is 2. The van der Waals surface area contributed by atoms with E-state index in [0.717, 1.165) is 0 Å². The van der Waals surface area contributed by atoms with Crippen LogP contribution in [0, 0.1) is 0 Å². The maximum absolute atomic E-state index is 11.3. The predicted octanol–water partition coefficient (Wildman–Crippen LogP) is 1.06. The van der Waals surface area contributed by atoms with Gasteiger partial charge in [0.2, 0.25) is 0 Å². The van der Waals surface area contributed by atoms with E-state index in [4.69, 9.17) is 4.74 Å². The average molecular weight is 229 g/mol. The molecule has 0 spiro atoms. The molecule has 0 fully saturated rings. The van der Waals surface area contributed by atoms with E-state index in [1.807, 2.05) is 0 Å². The zero-order valence-electron chi connectivity index (χ0n) is 7.85. The van der Waals surface area contributed by atoms with Crippen molar-refractivity contribution in [2.24, 2.45) is 0 Å². The number of rotatable bonds is 1. The molecule has 0 unspecified atom stereocenters. The van der Waals surface area contributed by atoms with Gasteiger partial charge in [0.05, 0.1) is 24.3 Å². The number of aromatic amines is 1. The molecule has 0 aliphatic carbocycles. The van der Waals surface area contributed by atoms with Gasteiger partial charge < -0.3 is 14.8 Å². The maximum Gasteiger partial charge on any atom is 0.258 e. The molecule has 2 N–H and O–H groups in total. The smallest absolute Gasteiger partial charge is 0.258 e. The van der Waals surface area contributed by atoms with Gasteiger partial charge in [-0.25, -0.2) is 4.98 Å². The van der Waals surface area contributed by atoms with Crippen LogP contribution in [0.25, 0.3) is 10.9 Å². The van der Waals surface area contributed by atoms with Crippen LogP contribution < -0.4 is 10.3 Å². The highest BCUT2D eigenvalue weighted by Gasteiger charge is 2.06. The molecule has 0 amide bonds. The topological polar surface area (TPSA) is 75.2 Å². The number of aromatic hydroxyl groups is 1. The fraction of sp³-hybridized carbons (Fsp3) is 0.111. The van der Waals surface area contributed by atoms with Crippen LogP contribution in [-0.4, -0.2) is 22.2 Å². The third-order valence-corrected chi connectivity index (χ3v) is 1.94. The molecule has 6 heteroatoms. The van der Waals surface area contributed by atoms with E-state index >= 15 is 0 Å². The second-order valence-electron chi connectivity index (χ2n) is 2.77. The van der Waals surface area contributed by atoms with E-state index in [-0.39, 0.29) is 23.7 Å². The van der Waals surface area contributed by atoms with Crippen LogP contribution in [-0.2, 0) is 0 Å². The molecule has 0 atom stereocenters. The van der Waals surface area contributed by atoms with Crippen molar-refractivity contribution in [3.05, 3.63) is 28.8 Å². The van der Waals surface area contributed by atoms with Crippen molar-refractivity contribution in [3.63, 3.8) is 0 Å². The number of hydrogen-bond acceptors (Lipinski definition) is 4. The number of phenolic OH excluding ortho intramolecular Hbond substituents is 1. The van der Waals surface area contributed by atoms with Gasteiger partial charge in [0.25, 0.3) is 5.56 Å². The number of halogens is 1. The largest absolute Gasteiger partial charge is 0.504 e. The average Bonchev–Trinajstić information content (AvgIpc) is 2.19. The van der Waals surface area contributed by atoms with E-state index in [1.165, 1.54) is 25.6 Å². The lowest BCUT2D eigenvalue weighted by molar-refractivity contribution is 0.374. The zero-order valence-corrected chi connectivity index (χ0v) is 8.67. The Bertz CT molecular complexity index is 538. The standard InChI is InChI=1S/C9H8N2O3.ClH/c1-14-8-3-6-5(2-7(8)12)9(13)11-4-10-6;/h2-4,12H,1H3,(H,10,11,13);1H. The van der Waals surface area contributed by atoms with Gasteiger partial charge in [0.1, 0.15) is 0 Å². The molecule has 15 heavy (non-hydrogen) atoms. The Kier molecular flexibility index (Phi) is 3.16. The lowest BCUT2D eigenvalue weighted by Gasteiger charge is -2.03. The van der Waals surface area contributed by atoms with E-state index < -0.39 is 0 Å². The van der Waals surface area contributed by atoms with Crippen LogP contribution in [0.15, 0.2) is 23.3 Å². The molecule has 1 aromatic heterocycles. The van der Waals surface area contributed by atoms with E-state index in [0.29, 0.717) is 16.7 Å². The molecule has 2 rings (SSSR count). The number of nitrogens with one attached hydrogen (secondary N) is 1. The first-order valence-corrected chi connectivity index (χ1v) is 3.97. The first kappa shape index (κ1) is 11.3. The molecule has 5 nitrogen and oxygen atoms in total. The quantitative estimate of drug-likeness (QED) is 0.765. The number of methoxy groups -OCH3 is 1. The Morgan fingerprint density at radius 1 is 1.47 bits per heavy atom. The van der Waals surface area contributed by atoms with Crippen molar-refractivity contribution in [1.82, 2.24) is 9.97 Å². The normalized spacial score (nSPS) is 9.67. The van der Waals surface area contributed by atoms with Gasteiger partial charge >= 0.3 is 0 Å². The lowest BCUT2D eigenvalue weighted by atomic mass is 10.2. The van der Waals surface area contributed by atoms with Crippen LogP contribution in [0.3, 0.4) is 0 Å². The second-order valence-corrected chi connectivity index (χ2v) is 2.77. The number of nitrogens with zero attached hydrogens (tertiary/aromatic N) is 1. The molecule has 0 saturated carbocycles. The van der Waals surface area contributed by atoms with Gasteiger partial charge in [-0.2, -0.15) is 0 Å². The van der Waals surface area contributed by atoms with Gasteiger partial charge in [-0.3, -0.25) is 4.79 Å². The van der Waals surface area contributed by atoms with Gasteiger partial charge in [-0.1, -0.05) is 0 Å². The minimum absolute atomic E-state index is 0. The van der Waals surface area contributed by atoms with Gasteiger partial charge in [0, 0.05) is 6.07 Å². The highest BCUT2D eigenvalue weighted by atomic mass is 35.5. The summed E-state index contributed by atoms with van der Waals surface area (Å²) in [6.45, 7) is 0. The lowest BCUT2D eigenvalue weighted by Crippen LogP contribution is -2.06. The fourth-order valence-electron chi connectivity index (χ4n) is 1.25. The van der Waals surface area contributed by atoms with Gasteiger partial charge in [-0.15, -0.1) is 12.4 Å². The molecular weight excluding hydrogens is 220 g/mol. The van der Waals surface area contributed by atoms with E-state index in [9.17, 15) is 9.90 Å². The third kappa shape index (κ3) is 1.87. The summed E-state index contributed by atoms with van der Waals surface area (Å²) in [7, 11) is 1.44. The molecule has 1 aromatic carbocycles. The molecular formula is C9H9ClN2O3. The minimum atomic E-state index is -0.284. The van der Waals surface area contributed by atoms with Crippen LogP contribution in [0.2, 0.25) is 0 Å². The Morgan fingerprint density at radius 2 is 2.20 bits per heavy atom. The number of benzene rings is 1. The monoisotopic (exact) mass is 228 g/mol. The summed E-state index contributed by atoms with van der Waals surface area (Å²) in [5.41, 5.74) is 0.205. The summed E-state index contributed by atoms with van der Waals surface area (Å²) in [5, 5.41) is 9.77. The van der Waals surface area contributed by atoms with Gasteiger partial charge in [-0.05, 0) is 6.07 Å². The van der Waals surface area contributed by atoms with Crippen LogP contribution >= 0.6 is 12.4 Å². The van der Waals surface area contributed by atoms with E-state index in [2.05, 4.69) is 9.97 Å². The number of fused-ring (bicyclic) bond motifs is 1. The summed E-state index contributed by atoms with van der Waals surface area (Å²) in [6, 6.07) is 2.85. The van der Waals surface area contributed by atoms with Crippen molar-refractivity contribution in [2.75, 3.05) is 7.11 Å². The molecule has 0 aliphatic heterocycles. The molecule has 80 valence electrons. The summed E-state index contributed by atoms with van der Waals surface area (Å²) in [5.74, 6) is 0.231. The SMILES string of the molecule is COc1cc2nc[nH]c(=O)c2cc1O.Cl. The highest BCUT2D eigenvalue weighted by molar-refractivity contribution is 5.85. The molecule has 2 aromatic rings. The Balaban J connectivity index is 0.00000112. The first-order valence-electron chi connectivity index (χ1n) is 3.97. The summed E-state index contributed by atoms with van der Waals surface area (Å²) in [4.78, 5) is 17.6. The fourth-order valence-corrected chi connectivity index (χ4v) is 1.25. The van der Waals surface area contributed by atoms with Crippen molar-refractivity contribution in [1.29, 1.82) is 0 Å². The number of phenols is 1. The van der Waals surface area contributed by atoms with Crippen molar-refractivity contribution >= 4 is 23.3 Å². The second kappa shape index (κ2) is 4.18. The Morgan fingerprint density at radius 3 is 2.87 bits per heavy atom. The predicted molar refractivity (Wildman–Crippen MR) is 57.8 cm³/mol. The van der Waals surface area contributed by atoms with E-state index in [1.54, 1.807) is 0 Å². The Hall–Kier alpha value is -1.75. The minimum Gasteiger partial charge on any atom is -0.504 e. The third-order valence-electron chi connectivity index (χ3n) is 1.94. The number of ether oxygens (including phenoxy) is 1. The molecule has 0 saturated heterocycles. The highest BCUT2D eigenvalue weighted by Crippen LogP contribution is 2.28. The van der Waals surface area contributed by atoms with Crippen molar-refractivity contribution in [3.8, 4) is 11.5 Å². The zero-order chi connectivity index (χ0) is 10.1. The van der Waals surface area contributed by atoms with Gasteiger partial charge in [0.15, 0.2) is 11.5 Å². The first-order chi connectivity index (χ1) is 6.72. The van der Waals surface area contributed by atoms with Crippen molar-refractivity contribution in [2.45, 2.75) is 0 Å². The van der Waals surface area contributed by atoms with Crippen LogP contribution in [0.1, 0.15) is 0 Å². The number of H-pyrrole nitrogens is 1. The molecule has 0 aliphatic rings. The number of aromatic nitrogens is 2. The Labute approximate surface area is 91.1 Å². The molecule has 1 heterocycles. The van der Waals surface area contributed by atoms with Crippen LogP contribution in [0.4, 0.5) is 0 Å². The van der Waals surface area contributed by atoms with Crippen molar-refractivity contribution < 1.29 is 9.84 Å². The summed E-state index contributed by atoms with van der Waals surface area (Å²) in [6.07, 6.45) is 1.31. The molecule has 0 radical (unpaired) electrons. The summed E-state index contributed by atoms with van der Waals surface area (Å²) >= 11 is 0. The van der Waals surface area contributed by atoms with Crippen LogP contribution in [0.5, 0.6) is 11.5 Å².